The van der Waals surface area contributed by atoms with Crippen LogP contribution in [0.1, 0.15) is 26.1 Å². The Kier molecular flexibility index (Phi) is 3.16. The molecule has 0 saturated carbocycles. The molecule has 0 spiro atoms. The van der Waals surface area contributed by atoms with Gasteiger partial charge in [-0.2, -0.15) is 0 Å². The molecule has 1 rings (SSSR count). The third-order valence-electron chi connectivity index (χ3n) is 1.97. The minimum absolute atomic E-state index is 0.406. The van der Waals surface area contributed by atoms with Crippen molar-refractivity contribution in [2.24, 2.45) is 11.7 Å². The highest BCUT2D eigenvalue weighted by Crippen LogP contribution is 2.04. The largest absolute Gasteiger partial charge is 0.324 e. The molecule has 1 atom stereocenters. The Morgan fingerprint density at radius 2 is 2.33 bits per heavy atom. The zero-order chi connectivity index (χ0) is 8.97. The van der Waals surface area contributed by atoms with E-state index >= 15 is 0 Å². The van der Waals surface area contributed by atoms with Gasteiger partial charge in [0.05, 0.1) is 6.54 Å². The molecular weight excluding hydrogens is 154 g/mol. The summed E-state index contributed by atoms with van der Waals surface area (Å²) in [5, 5.41) is 11.2. The smallest absolute Gasteiger partial charge is 0.164 e. The molecule has 1 aromatic rings. The van der Waals surface area contributed by atoms with Crippen LogP contribution in [0, 0.1) is 5.92 Å². The zero-order valence-electron chi connectivity index (χ0n) is 7.56. The van der Waals surface area contributed by atoms with Gasteiger partial charge in [0.2, 0.25) is 0 Å². The standard InChI is InChI=1S/C7H15N5/c1-3-6(2)5-12-7(4-8)9-10-11-12/h6H,3-5,8H2,1-2H3. The van der Waals surface area contributed by atoms with Crippen LogP contribution in [-0.4, -0.2) is 20.2 Å². The van der Waals surface area contributed by atoms with Crippen LogP contribution in [0.25, 0.3) is 0 Å². The first-order valence-electron chi connectivity index (χ1n) is 4.23. The second kappa shape index (κ2) is 4.15. The monoisotopic (exact) mass is 169 g/mol. The van der Waals surface area contributed by atoms with E-state index in [9.17, 15) is 0 Å². The Morgan fingerprint density at radius 1 is 1.58 bits per heavy atom. The van der Waals surface area contributed by atoms with E-state index in [4.69, 9.17) is 5.73 Å². The maximum Gasteiger partial charge on any atom is 0.164 e. The van der Waals surface area contributed by atoms with Crippen molar-refractivity contribution in [1.29, 1.82) is 0 Å². The lowest BCUT2D eigenvalue weighted by molar-refractivity contribution is 0.421. The van der Waals surface area contributed by atoms with Crippen LogP contribution in [0.4, 0.5) is 0 Å². The number of nitrogens with zero attached hydrogens (tertiary/aromatic N) is 4. The molecule has 68 valence electrons. The fourth-order valence-electron chi connectivity index (χ4n) is 0.936. The Bertz CT molecular complexity index is 231. The number of hydrogen-bond acceptors (Lipinski definition) is 4. The van der Waals surface area contributed by atoms with Crippen molar-refractivity contribution in [2.75, 3.05) is 0 Å². The molecule has 1 aromatic heterocycles. The van der Waals surface area contributed by atoms with Gasteiger partial charge < -0.3 is 5.73 Å². The highest BCUT2D eigenvalue weighted by molar-refractivity contribution is 4.78. The van der Waals surface area contributed by atoms with Crippen molar-refractivity contribution in [3.8, 4) is 0 Å². The summed E-state index contributed by atoms with van der Waals surface area (Å²) in [4.78, 5) is 0. The van der Waals surface area contributed by atoms with Crippen LogP contribution in [-0.2, 0) is 13.1 Å². The van der Waals surface area contributed by atoms with Gasteiger partial charge in [-0.05, 0) is 16.3 Å². The van der Waals surface area contributed by atoms with Crippen LogP contribution in [0.3, 0.4) is 0 Å². The second-order valence-electron chi connectivity index (χ2n) is 2.99. The summed E-state index contributed by atoms with van der Waals surface area (Å²) in [5.41, 5.74) is 5.45. The molecular formula is C7H15N5. The van der Waals surface area contributed by atoms with Crippen molar-refractivity contribution < 1.29 is 0 Å². The minimum atomic E-state index is 0.406. The van der Waals surface area contributed by atoms with Crippen LogP contribution in [0.2, 0.25) is 0 Å². The molecule has 0 radical (unpaired) electrons. The minimum Gasteiger partial charge on any atom is -0.324 e. The molecule has 0 aliphatic rings. The van der Waals surface area contributed by atoms with Gasteiger partial charge in [-0.25, -0.2) is 4.68 Å². The number of hydrogen-bond donors (Lipinski definition) is 1. The third-order valence-corrected chi connectivity index (χ3v) is 1.97. The quantitative estimate of drug-likeness (QED) is 0.698. The van der Waals surface area contributed by atoms with Gasteiger partial charge in [-0.15, -0.1) is 5.10 Å². The summed E-state index contributed by atoms with van der Waals surface area (Å²) in [5.74, 6) is 1.36. The highest BCUT2D eigenvalue weighted by atomic mass is 15.5. The average Bonchev–Trinajstić information content (AvgIpc) is 2.51. The van der Waals surface area contributed by atoms with Crippen LogP contribution < -0.4 is 5.73 Å². The maximum absolute atomic E-state index is 5.45. The zero-order valence-corrected chi connectivity index (χ0v) is 7.56. The van der Waals surface area contributed by atoms with E-state index in [0.717, 1.165) is 18.8 Å². The van der Waals surface area contributed by atoms with E-state index in [1.165, 1.54) is 0 Å². The first-order valence-corrected chi connectivity index (χ1v) is 4.23. The van der Waals surface area contributed by atoms with Crippen molar-refractivity contribution >= 4 is 0 Å². The van der Waals surface area contributed by atoms with E-state index in [1.807, 2.05) is 0 Å². The van der Waals surface area contributed by atoms with Gasteiger partial charge in [-0.1, -0.05) is 20.3 Å². The second-order valence-corrected chi connectivity index (χ2v) is 2.99. The van der Waals surface area contributed by atoms with E-state index in [1.54, 1.807) is 4.68 Å². The molecule has 0 saturated heterocycles. The van der Waals surface area contributed by atoms with Gasteiger partial charge in [0, 0.05) is 6.54 Å². The lowest BCUT2D eigenvalue weighted by atomic mass is 10.1. The van der Waals surface area contributed by atoms with E-state index in [0.29, 0.717) is 12.5 Å². The summed E-state index contributed by atoms with van der Waals surface area (Å²) in [7, 11) is 0. The van der Waals surface area contributed by atoms with Crippen LogP contribution >= 0.6 is 0 Å². The average molecular weight is 169 g/mol. The fraction of sp³-hybridized carbons (Fsp3) is 0.857. The molecule has 5 nitrogen and oxygen atoms in total. The van der Waals surface area contributed by atoms with E-state index < -0.39 is 0 Å². The van der Waals surface area contributed by atoms with Crippen molar-refractivity contribution in [3.63, 3.8) is 0 Å². The van der Waals surface area contributed by atoms with Crippen LogP contribution in [0.5, 0.6) is 0 Å². The van der Waals surface area contributed by atoms with Crippen LogP contribution in [0.15, 0.2) is 0 Å². The summed E-state index contributed by atoms with van der Waals surface area (Å²) in [6, 6.07) is 0. The predicted molar refractivity (Wildman–Crippen MR) is 45.2 cm³/mol. The summed E-state index contributed by atoms with van der Waals surface area (Å²) in [6.07, 6.45) is 1.13. The maximum atomic E-state index is 5.45. The van der Waals surface area contributed by atoms with Gasteiger partial charge in [0.15, 0.2) is 5.82 Å². The van der Waals surface area contributed by atoms with Gasteiger partial charge in [-0.3, -0.25) is 0 Å². The SMILES string of the molecule is CCC(C)Cn1nnnc1CN. The van der Waals surface area contributed by atoms with E-state index in [-0.39, 0.29) is 0 Å². The topological polar surface area (TPSA) is 69.6 Å². The third kappa shape index (κ3) is 2.01. The van der Waals surface area contributed by atoms with Crippen molar-refractivity contribution in [3.05, 3.63) is 5.82 Å². The molecule has 0 bridgehead atoms. The van der Waals surface area contributed by atoms with Gasteiger partial charge in [0.25, 0.3) is 0 Å². The normalized spacial score (nSPS) is 13.2. The molecule has 0 aliphatic carbocycles. The Morgan fingerprint density at radius 3 is 2.92 bits per heavy atom. The highest BCUT2D eigenvalue weighted by Gasteiger charge is 2.06. The molecule has 2 N–H and O–H groups in total. The van der Waals surface area contributed by atoms with Crippen molar-refractivity contribution in [1.82, 2.24) is 20.2 Å². The number of nitrogens with two attached hydrogens (primary N) is 1. The summed E-state index contributed by atoms with van der Waals surface area (Å²) in [6.45, 7) is 5.58. The van der Waals surface area contributed by atoms with Gasteiger partial charge >= 0.3 is 0 Å². The molecule has 5 heteroatoms. The Labute approximate surface area is 71.9 Å². The Balaban J connectivity index is 2.61. The number of rotatable bonds is 4. The van der Waals surface area contributed by atoms with Crippen molar-refractivity contribution in [2.45, 2.75) is 33.4 Å². The number of tetrazole rings is 1. The molecule has 0 fully saturated rings. The lowest BCUT2D eigenvalue weighted by Crippen LogP contribution is -2.14. The lowest BCUT2D eigenvalue weighted by Gasteiger charge is -2.08. The Hall–Kier alpha value is -0.970. The first-order chi connectivity index (χ1) is 5.77. The molecule has 1 unspecified atom stereocenters. The molecule has 0 amide bonds. The summed E-state index contributed by atoms with van der Waals surface area (Å²) < 4.78 is 1.77. The molecule has 0 aromatic carbocycles. The predicted octanol–water partition coefficient (Wildman–Crippen LogP) is 0.178. The molecule has 1 heterocycles. The van der Waals surface area contributed by atoms with Gasteiger partial charge in [0.1, 0.15) is 0 Å². The molecule has 0 aliphatic heterocycles. The summed E-state index contributed by atoms with van der Waals surface area (Å²) >= 11 is 0. The van der Waals surface area contributed by atoms with E-state index in [2.05, 4.69) is 29.4 Å². The molecule has 12 heavy (non-hydrogen) atoms. The fourth-order valence-corrected chi connectivity index (χ4v) is 0.936. The number of aromatic nitrogens is 4. The first kappa shape index (κ1) is 9.12.